The van der Waals surface area contributed by atoms with Gasteiger partial charge in [-0.25, -0.2) is 10.1 Å². The fraction of sp³-hybridized carbons (Fsp3) is 0.600. The SMILES string of the molecule is CCOC(OO)C(C#N)C1C=CC([N+](=O)[O-])=C(CC(=O)OC)C1C. The Balaban J connectivity index is 3.18. The summed E-state index contributed by atoms with van der Waals surface area (Å²) in [6.07, 6.45) is 1.30. The molecule has 9 nitrogen and oxygen atoms in total. The van der Waals surface area contributed by atoms with Crippen molar-refractivity contribution in [2.45, 2.75) is 26.6 Å². The molecule has 0 spiro atoms. The molecule has 0 fully saturated rings. The van der Waals surface area contributed by atoms with Gasteiger partial charge in [0.05, 0.1) is 24.5 Å². The summed E-state index contributed by atoms with van der Waals surface area (Å²) in [4.78, 5) is 26.4. The average molecular weight is 340 g/mol. The quantitative estimate of drug-likeness (QED) is 0.233. The highest BCUT2D eigenvalue weighted by molar-refractivity contribution is 5.72. The van der Waals surface area contributed by atoms with Gasteiger partial charge in [-0.05, 0) is 12.8 Å². The summed E-state index contributed by atoms with van der Waals surface area (Å²) < 4.78 is 9.77. The zero-order chi connectivity index (χ0) is 18.3. The molecule has 1 aliphatic carbocycles. The van der Waals surface area contributed by atoms with Crippen molar-refractivity contribution >= 4 is 5.97 Å². The number of carbonyl (C=O) groups is 1. The van der Waals surface area contributed by atoms with E-state index in [2.05, 4.69) is 9.62 Å². The first-order chi connectivity index (χ1) is 11.4. The van der Waals surface area contributed by atoms with E-state index in [4.69, 9.17) is 9.99 Å². The van der Waals surface area contributed by atoms with Crippen molar-refractivity contribution in [2.24, 2.45) is 17.8 Å². The van der Waals surface area contributed by atoms with E-state index in [1.165, 1.54) is 19.3 Å². The second-order valence-corrected chi connectivity index (χ2v) is 5.23. The smallest absolute Gasteiger partial charge is 0.309 e. The van der Waals surface area contributed by atoms with Gasteiger partial charge in [-0.2, -0.15) is 5.26 Å². The third kappa shape index (κ3) is 4.38. The Morgan fingerprint density at radius 1 is 1.58 bits per heavy atom. The molecule has 0 aromatic heterocycles. The van der Waals surface area contributed by atoms with Crippen molar-refractivity contribution in [3.05, 3.63) is 33.5 Å². The van der Waals surface area contributed by atoms with Gasteiger partial charge < -0.3 is 9.47 Å². The molecular weight excluding hydrogens is 320 g/mol. The maximum atomic E-state index is 11.6. The van der Waals surface area contributed by atoms with E-state index in [9.17, 15) is 20.2 Å². The zero-order valence-corrected chi connectivity index (χ0v) is 13.7. The molecule has 1 N–H and O–H groups in total. The summed E-state index contributed by atoms with van der Waals surface area (Å²) >= 11 is 0. The molecule has 4 atom stereocenters. The van der Waals surface area contributed by atoms with Crippen molar-refractivity contribution in [2.75, 3.05) is 13.7 Å². The Morgan fingerprint density at radius 3 is 2.71 bits per heavy atom. The van der Waals surface area contributed by atoms with E-state index in [1.54, 1.807) is 13.8 Å². The summed E-state index contributed by atoms with van der Waals surface area (Å²) in [6.45, 7) is 3.55. The van der Waals surface area contributed by atoms with Crippen molar-refractivity contribution < 1.29 is 29.3 Å². The molecule has 1 rings (SSSR count). The molecule has 0 heterocycles. The molecule has 0 aliphatic heterocycles. The zero-order valence-electron chi connectivity index (χ0n) is 13.7. The number of rotatable bonds is 8. The molecular formula is C15H20N2O7. The van der Waals surface area contributed by atoms with E-state index in [0.29, 0.717) is 0 Å². The van der Waals surface area contributed by atoms with Crippen LogP contribution in [0.4, 0.5) is 0 Å². The molecule has 0 aromatic carbocycles. The van der Waals surface area contributed by atoms with Crippen LogP contribution in [0.3, 0.4) is 0 Å². The molecule has 0 aromatic rings. The van der Waals surface area contributed by atoms with Crippen LogP contribution in [0.5, 0.6) is 0 Å². The predicted octanol–water partition coefficient (Wildman–Crippen LogP) is 1.89. The number of carbonyl (C=O) groups excluding carboxylic acids is 1. The van der Waals surface area contributed by atoms with Crippen LogP contribution in [0.15, 0.2) is 23.4 Å². The number of nitro groups is 1. The number of hydrogen-bond acceptors (Lipinski definition) is 8. The van der Waals surface area contributed by atoms with E-state index in [0.717, 1.165) is 0 Å². The highest BCUT2D eigenvalue weighted by Gasteiger charge is 2.40. The van der Waals surface area contributed by atoms with Crippen LogP contribution in [0.2, 0.25) is 0 Å². The predicted molar refractivity (Wildman–Crippen MR) is 80.7 cm³/mol. The van der Waals surface area contributed by atoms with Crippen LogP contribution in [0, 0.1) is 39.2 Å². The van der Waals surface area contributed by atoms with Gasteiger partial charge in [0.15, 0.2) is 0 Å². The molecule has 9 heteroatoms. The van der Waals surface area contributed by atoms with Gasteiger partial charge in [-0.1, -0.05) is 13.0 Å². The normalized spacial score (nSPS) is 22.6. The average Bonchev–Trinajstić information content (AvgIpc) is 2.56. The summed E-state index contributed by atoms with van der Waals surface area (Å²) in [5, 5.41) is 29.6. The van der Waals surface area contributed by atoms with E-state index < -0.39 is 34.9 Å². The number of hydrogen-bond donors (Lipinski definition) is 1. The third-order valence-corrected chi connectivity index (χ3v) is 3.98. The van der Waals surface area contributed by atoms with E-state index in [1.807, 2.05) is 6.07 Å². The van der Waals surface area contributed by atoms with Crippen molar-refractivity contribution in [3.8, 4) is 6.07 Å². The van der Waals surface area contributed by atoms with Gasteiger partial charge >= 0.3 is 5.97 Å². The van der Waals surface area contributed by atoms with Gasteiger partial charge in [0.1, 0.15) is 5.92 Å². The van der Waals surface area contributed by atoms with Crippen molar-refractivity contribution in [1.29, 1.82) is 5.26 Å². The maximum absolute atomic E-state index is 11.6. The minimum absolute atomic E-state index is 0.196. The van der Waals surface area contributed by atoms with Gasteiger partial charge in [-0.3, -0.25) is 14.9 Å². The number of methoxy groups -OCH3 is 1. The molecule has 24 heavy (non-hydrogen) atoms. The maximum Gasteiger partial charge on any atom is 0.309 e. The molecule has 132 valence electrons. The van der Waals surface area contributed by atoms with Crippen molar-refractivity contribution in [1.82, 2.24) is 0 Å². The van der Waals surface area contributed by atoms with Crippen LogP contribution in [0.25, 0.3) is 0 Å². The summed E-state index contributed by atoms with van der Waals surface area (Å²) in [5.41, 5.74) is 0.0616. The summed E-state index contributed by atoms with van der Waals surface area (Å²) in [5.74, 6) is -2.58. The lowest BCUT2D eigenvalue weighted by Crippen LogP contribution is -2.35. The highest BCUT2D eigenvalue weighted by Crippen LogP contribution is 2.38. The molecule has 1 aliphatic rings. The second kappa shape index (κ2) is 9.12. The minimum Gasteiger partial charge on any atom is -0.469 e. The molecule has 0 saturated heterocycles. The Kier molecular flexibility index (Phi) is 7.51. The Labute approximate surface area is 139 Å². The first-order valence-corrected chi connectivity index (χ1v) is 7.35. The van der Waals surface area contributed by atoms with Crippen LogP contribution in [-0.4, -0.2) is 36.2 Å². The number of nitrogens with zero attached hydrogens (tertiary/aromatic N) is 2. The highest BCUT2D eigenvalue weighted by atomic mass is 17.1. The fourth-order valence-electron chi connectivity index (χ4n) is 2.72. The molecule has 0 saturated carbocycles. The first-order valence-electron chi connectivity index (χ1n) is 7.35. The Hall–Kier alpha value is -2.28. The molecule has 0 bridgehead atoms. The Morgan fingerprint density at radius 2 is 2.25 bits per heavy atom. The van der Waals surface area contributed by atoms with Crippen LogP contribution in [-0.2, 0) is 19.2 Å². The van der Waals surface area contributed by atoms with Crippen LogP contribution < -0.4 is 0 Å². The second-order valence-electron chi connectivity index (χ2n) is 5.23. The first kappa shape index (κ1) is 19.8. The number of esters is 1. The molecule has 4 unspecified atom stereocenters. The van der Waals surface area contributed by atoms with Crippen LogP contribution >= 0.6 is 0 Å². The molecule has 0 radical (unpaired) electrons. The fourth-order valence-corrected chi connectivity index (χ4v) is 2.72. The number of nitriles is 1. The summed E-state index contributed by atoms with van der Waals surface area (Å²) in [6, 6.07) is 2.00. The third-order valence-electron chi connectivity index (χ3n) is 3.98. The lowest BCUT2D eigenvalue weighted by atomic mass is 9.74. The van der Waals surface area contributed by atoms with Gasteiger partial charge in [-0.15, -0.1) is 0 Å². The number of ether oxygens (including phenoxy) is 2. The Bertz CT molecular complexity index is 579. The standard InChI is InChI=1S/C15H20N2O7/c1-4-23-15(24-21)12(8-16)10-5-6-13(17(19)20)11(9(10)2)7-14(18)22-3/h5-6,9-10,12,15,21H,4,7H2,1-3H3. The van der Waals surface area contributed by atoms with Gasteiger partial charge in [0.25, 0.3) is 5.70 Å². The molecule has 0 amide bonds. The summed E-state index contributed by atoms with van der Waals surface area (Å²) in [7, 11) is 1.19. The monoisotopic (exact) mass is 340 g/mol. The van der Waals surface area contributed by atoms with E-state index >= 15 is 0 Å². The van der Waals surface area contributed by atoms with Crippen LogP contribution in [0.1, 0.15) is 20.3 Å². The minimum atomic E-state index is -1.20. The van der Waals surface area contributed by atoms with Gasteiger partial charge in [0, 0.05) is 24.2 Å². The lowest BCUT2D eigenvalue weighted by molar-refractivity contribution is -0.421. The topological polar surface area (TPSA) is 132 Å². The number of allylic oxidation sites excluding steroid dienone is 2. The van der Waals surface area contributed by atoms with Crippen molar-refractivity contribution in [3.63, 3.8) is 0 Å². The van der Waals surface area contributed by atoms with Gasteiger partial charge in [0.2, 0.25) is 6.29 Å². The van der Waals surface area contributed by atoms with E-state index in [-0.39, 0.29) is 24.3 Å². The largest absolute Gasteiger partial charge is 0.469 e. The lowest BCUT2D eigenvalue weighted by Gasteiger charge is -2.31.